The summed E-state index contributed by atoms with van der Waals surface area (Å²) >= 11 is 0. The SMILES string of the molecule is CCC(C)n1ccc(CN(C)Cc2ccc(CN)cc2)n1. The molecular formula is C17H26N4. The Morgan fingerprint density at radius 1 is 1.14 bits per heavy atom. The summed E-state index contributed by atoms with van der Waals surface area (Å²) in [6.07, 6.45) is 3.18. The van der Waals surface area contributed by atoms with Crippen molar-refractivity contribution >= 4 is 0 Å². The lowest BCUT2D eigenvalue weighted by atomic mass is 10.1. The number of aromatic nitrogens is 2. The van der Waals surface area contributed by atoms with E-state index in [4.69, 9.17) is 5.73 Å². The lowest BCUT2D eigenvalue weighted by molar-refractivity contribution is 0.312. The average Bonchev–Trinajstić information content (AvgIpc) is 2.95. The zero-order chi connectivity index (χ0) is 15.2. The third kappa shape index (κ3) is 4.41. The predicted octanol–water partition coefficient (Wildman–Crippen LogP) is 2.94. The first kappa shape index (κ1) is 15.7. The van der Waals surface area contributed by atoms with Crippen LogP contribution in [0, 0.1) is 0 Å². The Morgan fingerprint density at radius 2 is 1.81 bits per heavy atom. The highest BCUT2D eigenvalue weighted by atomic mass is 15.3. The predicted molar refractivity (Wildman–Crippen MR) is 86.7 cm³/mol. The van der Waals surface area contributed by atoms with Crippen LogP contribution in [-0.4, -0.2) is 21.7 Å². The van der Waals surface area contributed by atoms with E-state index in [0.29, 0.717) is 12.6 Å². The van der Waals surface area contributed by atoms with Gasteiger partial charge in [-0.05, 0) is 37.6 Å². The Labute approximate surface area is 127 Å². The molecule has 1 heterocycles. The van der Waals surface area contributed by atoms with Gasteiger partial charge in [0.25, 0.3) is 0 Å². The van der Waals surface area contributed by atoms with Crippen molar-refractivity contribution in [3.8, 4) is 0 Å². The van der Waals surface area contributed by atoms with Crippen LogP contribution in [0.2, 0.25) is 0 Å². The quantitative estimate of drug-likeness (QED) is 0.851. The maximum absolute atomic E-state index is 5.62. The van der Waals surface area contributed by atoms with E-state index in [-0.39, 0.29) is 0 Å². The number of benzene rings is 1. The second-order valence-corrected chi connectivity index (χ2v) is 5.74. The van der Waals surface area contributed by atoms with Crippen molar-refractivity contribution in [2.75, 3.05) is 7.05 Å². The van der Waals surface area contributed by atoms with Gasteiger partial charge in [0.1, 0.15) is 0 Å². The fourth-order valence-corrected chi connectivity index (χ4v) is 2.32. The third-order valence-corrected chi connectivity index (χ3v) is 3.85. The number of rotatable bonds is 7. The highest BCUT2D eigenvalue weighted by Crippen LogP contribution is 2.12. The van der Waals surface area contributed by atoms with Crippen LogP contribution in [0.4, 0.5) is 0 Å². The van der Waals surface area contributed by atoms with Crippen molar-refractivity contribution in [3.63, 3.8) is 0 Å². The van der Waals surface area contributed by atoms with Gasteiger partial charge in [-0.3, -0.25) is 9.58 Å². The number of hydrogen-bond acceptors (Lipinski definition) is 3. The molecule has 1 aromatic carbocycles. The molecule has 2 rings (SSSR count). The first-order valence-corrected chi connectivity index (χ1v) is 7.62. The summed E-state index contributed by atoms with van der Waals surface area (Å²) in [4.78, 5) is 2.28. The van der Waals surface area contributed by atoms with E-state index in [1.54, 1.807) is 0 Å². The van der Waals surface area contributed by atoms with Gasteiger partial charge in [-0.25, -0.2) is 0 Å². The zero-order valence-electron chi connectivity index (χ0n) is 13.3. The van der Waals surface area contributed by atoms with Crippen molar-refractivity contribution in [3.05, 3.63) is 53.3 Å². The largest absolute Gasteiger partial charge is 0.326 e. The van der Waals surface area contributed by atoms with Crippen LogP contribution in [0.25, 0.3) is 0 Å². The van der Waals surface area contributed by atoms with E-state index < -0.39 is 0 Å². The molecular weight excluding hydrogens is 260 g/mol. The van der Waals surface area contributed by atoms with Gasteiger partial charge in [-0.1, -0.05) is 31.2 Å². The molecule has 1 aromatic heterocycles. The van der Waals surface area contributed by atoms with E-state index >= 15 is 0 Å². The molecule has 0 saturated heterocycles. The van der Waals surface area contributed by atoms with E-state index in [1.165, 1.54) is 11.1 Å². The molecule has 0 saturated carbocycles. The highest BCUT2D eigenvalue weighted by molar-refractivity contribution is 5.22. The Bertz CT molecular complexity index is 544. The van der Waals surface area contributed by atoms with Crippen molar-refractivity contribution in [2.45, 2.75) is 45.9 Å². The summed E-state index contributed by atoms with van der Waals surface area (Å²) in [5.74, 6) is 0. The highest BCUT2D eigenvalue weighted by Gasteiger charge is 2.07. The van der Waals surface area contributed by atoms with E-state index in [9.17, 15) is 0 Å². The molecule has 2 N–H and O–H groups in total. The lowest BCUT2D eigenvalue weighted by Crippen LogP contribution is -2.18. The minimum Gasteiger partial charge on any atom is -0.326 e. The Balaban J connectivity index is 1.91. The zero-order valence-corrected chi connectivity index (χ0v) is 13.3. The van der Waals surface area contributed by atoms with Crippen molar-refractivity contribution in [1.29, 1.82) is 0 Å². The summed E-state index contributed by atoms with van der Waals surface area (Å²) in [5, 5.41) is 4.65. The molecule has 0 spiro atoms. The van der Waals surface area contributed by atoms with Gasteiger partial charge in [-0.2, -0.15) is 5.10 Å². The molecule has 21 heavy (non-hydrogen) atoms. The van der Waals surface area contributed by atoms with Gasteiger partial charge >= 0.3 is 0 Å². The summed E-state index contributed by atoms with van der Waals surface area (Å²) in [7, 11) is 2.12. The van der Waals surface area contributed by atoms with Crippen molar-refractivity contribution in [1.82, 2.24) is 14.7 Å². The second-order valence-electron chi connectivity index (χ2n) is 5.74. The molecule has 4 heteroatoms. The van der Waals surface area contributed by atoms with Crippen molar-refractivity contribution < 1.29 is 0 Å². The van der Waals surface area contributed by atoms with Gasteiger partial charge in [0.15, 0.2) is 0 Å². The molecule has 0 fully saturated rings. The third-order valence-electron chi connectivity index (χ3n) is 3.85. The average molecular weight is 286 g/mol. The monoisotopic (exact) mass is 286 g/mol. The Hall–Kier alpha value is -1.65. The normalized spacial score (nSPS) is 12.8. The van der Waals surface area contributed by atoms with Crippen LogP contribution in [0.1, 0.15) is 43.1 Å². The molecule has 1 unspecified atom stereocenters. The maximum atomic E-state index is 5.62. The number of hydrogen-bond donors (Lipinski definition) is 1. The van der Waals surface area contributed by atoms with Gasteiger partial charge in [-0.15, -0.1) is 0 Å². The van der Waals surface area contributed by atoms with Crippen LogP contribution in [-0.2, 0) is 19.6 Å². The second kappa shape index (κ2) is 7.38. The molecule has 0 amide bonds. The Kier molecular flexibility index (Phi) is 5.53. The lowest BCUT2D eigenvalue weighted by Gasteiger charge is -2.16. The fourth-order valence-electron chi connectivity index (χ4n) is 2.32. The molecule has 0 radical (unpaired) electrons. The molecule has 4 nitrogen and oxygen atoms in total. The molecule has 0 bridgehead atoms. The van der Waals surface area contributed by atoms with E-state index in [2.05, 4.69) is 72.1 Å². The minimum atomic E-state index is 0.466. The maximum Gasteiger partial charge on any atom is 0.0764 e. The van der Waals surface area contributed by atoms with E-state index in [0.717, 1.165) is 25.2 Å². The van der Waals surface area contributed by atoms with Gasteiger partial charge < -0.3 is 5.73 Å². The van der Waals surface area contributed by atoms with Crippen LogP contribution in [0.5, 0.6) is 0 Å². The van der Waals surface area contributed by atoms with Gasteiger partial charge in [0, 0.05) is 31.9 Å². The summed E-state index contributed by atoms with van der Waals surface area (Å²) in [6, 6.07) is 11.1. The smallest absolute Gasteiger partial charge is 0.0764 e. The van der Waals surface area contributed by atoms with Crippen LogP contribution in [0.3, 0.4) is 0 Å². The van der Waals surface area contributed by atoms with Crippen molar-refractivity contribution in [2.24, 2.45) is 5.73 Å². The molecule has 0 aliphatic carbocycles. The van der Waals surface area contributed by atoms with Gasteiger partial charge in [0.2, 0.25) is 0 Å². The standard InChI is InChI=1S/C17H26N4/c1-4-14(2)21-10-9-17(19-21)13-20(3)12-16-7-5-15(11-18)6-8-16/h5-10,14H,4,11-13,18H2,1-3H3. The first-order valence-electron chi connectivity index (χ1n) is 7.62. The Morgan fingerprint density at radius 3 is 2.43 bits per heavy atom. The summed E-state index contributed by atoms with van der Waals surface area (Å²) in [6.45, 7) is 6.76. The van der Waals surface area contributed by atoms with Crippen LogP contribution >= 0.6 is 0 Å². The summed E-state index contributed by atoms with van der Waals surface area (Å²) in [5.41, 5.74) is 9.22. The number of nitrogens with zero attached hydrogens (tertiary/aromatic N) is 3. The molecule has 0 aliphatic rings. The van der Waals surface area contributed by atoms with Crippen LogP contribution < -0.4 is 5.73 Å². The molecule has 1 atom stereocenters. The molecule has 0 aliphatic heterocycles. The van der Waals surface area contributed by atoms with Crippen LogP contribution in [0.15, 0.2) is 36.5 Å². The minimum absolute atomic E-state index is 0.466. The van der Waals surface area contributed by atoms with Gasteiger partial charge in [0.05, 0.1) is 5.69 Å². The summed E-state index contributed by atoms with van der Waals surface area (Å²) < 4.78 is 2.05. The molecule has 114 valence electrons. The first-order chi connectivity index (χ1) is 10.1. The topological polar surface area (TPSA) is 47.1 Å². The fraction of sp³-hybridized carbons (Fsp3) is 0.471. The molecule has 2 aromatic rings. The number of nitrogens with two attached hydrogens (primary N) is 1. The van der Waals surface area contributed by atoms with E-state index in [1.807, 2.05) is 0 Å².